The van der Waals surface area contributed by atoms with Crippen molar-refractivity contribution in [3.05, 3.63) is 12.2 Å². The van der Waals surface area contributed by atoms with E-state index in [1.165, 1.54) is 13.8 Å². The van der Waals surface area contributed by atoms with Gasteiger partial charge in [-0.15, -0.1) is 0 Å². The Morgan fingerprint density at radius 2 is 1.64 bits per heavy atom. The van der Waals surface area contributed by atoms with Crippen LogP contribution in [0.5, 0.6) is 0 Å². The molecule has 0 bridgehead atoms. The lowest BCUT2D eigenvalue weighted by Crippen LogP contribution is -2.26. The molecule has 0 aliphatic heterocycles. The molecule has 0 amide bonds. The van der Waals surface area contributed by atoms with Gasteiger partial charge in [0.15, 0.2) is 0 Å². The molecule has 0 aliphatic carbocycles. The molecule has 0 fully saturated rings. The van der Waals surface area contributed by atoms with Crippen LogP contribution in [-0.2, 0) is 23.9 Å². The van der Waals surface area contributed by atoms with Crippen LogP contribution in [0, 0.1) is 0 Å². The van der Waals surface area contributed by atoms with E-state index >= 15 is 0 Å². The van der Waals surface area contributed by atoms with E-state index in [9.17, 15) is 14.4 Å². The normalized spacial score (nSPS) is 11.3. The highest BCUT2D eigenvalue weighted by molar-refractivity contribution is 6.28. The van der Waals surface area contributed by atoms with Gasteiger partial charge in [0.1, 0.15) is 0 Å². The molecule has 0 spiro atoms. The molecule has 0 rings (SSSR count). The summed E-state index contributed by atoms with van der Waals surface area (Å²) in [5, 5.41) is 8.14. The van der Waals surface area contributed by atoms with Gasteiger partial charge in [-0.1, -0.05) is 6.58 Å². The number of aliphatic carboxylic acids is 1. The molecule has 0 saturated carbocycles. The summed E-state index contributed by atoms with van der Waals surface area (Å²) in [4.78, 5) is 31.3. The number of carbonyl (C=O) groups is 3. The number of esters is 2. The van der Waals surface area contributed by atoms with Crippen LogP contribution < -0.4 is 0 Å². The molecule has 0 radical (unpaired) electrons. The summed E-state index contributed by atoms with van der Waals surface area (Å²) in [5.41, 5.74) is 0.128. The van der Waals surface area contributed by atoms with Crippen molar-refractivity contribution in [1.82, 2.24) is 0 Å². The lowest BCUT2D eigenvalue weighted by atomic mass is 10.4. The van der Waals surface area contributed by atoms with Gasteiger partial charge in [-0.3, -0.25) is 0 Å². The van der Waals surface area contributed by atoms with Gasteiger partial charge in [0.25, 0.3) is 0 Å². The number of ether oxygens (including phenoxy) is 2. The average molecular weight is 202 g/mol. The number of carbonyl (C=O) groups excluding carboxylic acids is 2. The zero-order valence-corrected chi connectivity index (χ0v) is 7.77. The molecule has 0 heterocycles. The van der Waals surface area contributed by atoms with Crippen LogP contribution in [-0.4, -0.2) is 29.3 Å². The third-order valence-electron chi connectivity index (χ3n) is 1.07. The topological polar surface area (TPSA) is 89.9 Å². The van der Waals surface area contributed by atoms with Crippen molar-refractivity contribution < 1.29 is 29.0 Å². The maximum atomic E-state index is 10.8. The smallest absolute Gasteiger partial charge is 0.420 e. The zero-order valence-electron chi connectivity index (χ0n) is 7.77. The van der Waals surface area contributed by atoms with E-state index in [1.807, 2.05) is 0 Å². The van der Waals surface area contributed by atoms with Crippen molar-refractivity contribution in [2.24, 2.45) is 0 Å². The zero-order chi connectivity index (χ0) is 11.3. The second-order valence-corrected chi connectivity index (χ2v) is 2.46. The molecule has 6 nitrogen and oxygen atoms in total. The summed E-state index contributed by atoms with van der Waals surface area (Å²) in [5.74, 6) is -3.98. The standard InChI is InChI=1S/C8H10O6/c1-4(2)7(11)13-5(3)14-8(12)6(9)10/h5H,1H2,2-3H3,(H,9,10). The van der Waals surface area contributed by atoms with Gasteiger partial charge in [-0.05, 0) is 6.92 Å². The Morgan fingerprint density at radius 3 is 2.00 bits per heavy atom. The second-order valence-electron chi connectivity index (χ2n) is 2.46. The van der Waals surface area contributed by atoms with E-state index < -0.39 is 24.2 Å². The largest absolute Gasteiger partial charge is 0.473 e. The molecule has 0 aromatic rings. The van der Waals surface area contributed by atoms with Gasteiger partial charge in [0.2, 0.25) is 6.29 Å². The van der Waals surface area contributed by atoms with Crippen LogP contribution in [0.1, 0.15) is 13.8 Å². The van der Waals surface area contributed by atoms with Crippen molar-refractivity contribution in [1.29, 1.82) is 0 Å². The van der Waals surface area contributed by atoms with Gasteiger partial charge in [0.05, 0.1) is 0 Å². The molecular weight excluding hydrogens is 192 g/mol. The van der Waals surface area contributed by atoms with Gasteiger partial charge in [-0.25, -0.2) is 14.4 Å². The van der Waals surface area contributed by atoms with Gasteiger partial charge < -0.3 is 14.6 Å². The summed E-state index contributed by atoms with van der Waals surface area (Å²) in [6, 6.07) is 0. The first-order valence-corrected chi connectivity index (χ1v) is 3.65. The molecule has 0 saturated heterocycles. The summed E-state index contributed by atoms with van der Waals surface area (Å²) < 4.78 is 8.70. The summed E-state index contributed by atoms with van der Waals surface area (Å²) in [6.07, 6.45) is -1.25. The number of hydrogen-bond acceptors (Lipinski definition) is 5. The minimum Gasteiger partial charge on any atom is -0.473 e. The fourth-order valence-corrected chi connectivity index (χ4v) is 0.477. The Labute approximate surface area is 80.1 Å². The summed E-state index contributed by atoms with van der Waals surface area (Å²) >= 11 is 0. The van der Waals surface area contributed by atoms with Crippen LogP contribution >= 0.6 is 0 Å². The summed E-state index contributed by atoms with van der Waals surface area (Å²) in [6.45, 7) is 5.93. The summed E-state index contributed by atoms with van der Waals surface area (Å²) in [7, 11) is 0. The third kappa shape index (κ3) is 4.24. The molecule has 0 aromatic heterocycles. The van der Waals surface area contributed by atoms with Crippen molar-refractivity contribution >= 4 is 17.9 Å². The minimum atomic E-state index is -1.75. The van der Waals surface area contributed by atoms with Crippen molar-refractivity contribution in [3.63, 3.8) is 0 Å². The molecule has 1 unspecified atom stereocenters. The predicted octanol–water partition coefficient (Wildman–Crippen LogP) is 0.0795. The van der Waals surface area contributed by atoms with E-state index in [0.717, 1.165) is 0 Å². The number of rotatable bonds is 3. The molecule has 14 heavy (non-hydrogen) atoms. The number of hydrogen-bond donors (Lipinski definition) is 1. The van der Waals surface area contributed by atoms with Crippen molar-refractivity contribution in [3.8, 4) is 0 Å². The quantitative estimate of drug-likeness (QED) is 0.301. The van der Waals surface area contributed by atoms with Crippen LogP contribution in [0.2, 0.25) is 0 Å². The van der Waals surface area contributed by atoms with Crippen LogP contribution in [0.3, 0.4) is 0 Å². The Morgan fingerprint density at radius 1 is 1.21 bits per heavy atom. The van der Waals surface area contributed by atoms with E-state index in [-0.39, 0.29) is 5.57 Å². The Balaban J connectivity index is 4.05. The molecule has 1 atom stereocenters. The fraction of sp³-hybridized carbons (Fsp3) is 0.375. The Bertz CT molecular complexity index is 252. The highest BCUT2D eigenvalue weighted by Crippen LogP contribution is 2.00. The maximum Gasteiger partial charge on any atom is 0.420 e. The van der Waals surface area contributed by atoms with Gasteiger partial charge in [0, 0.05) is 12.5 Å². The lowest BCUT2D eigenvalue weighted by molar-refractivity contribution is -0.188. The molecule has 78 valence electrons. The van der Waals surface area contributed by atoms with E-state index in [4.69, 9.17) is 5.11 Å². The third-order valence-corrected chi connectivity index (χ3v) is 1.07. The van der Waals surface area contributed by atoms with Crippen molar-refractivity contribution in [2.45, 2.75) is 20.1 Å². The van der Waals surface area contributed by atoms with Crippen LogP contribution in [0.15, 0.2) is 12.2 Å². The number of carboxylic acids is 1. The highest BCUT2D eigenvalue weighted by Gasteiger charge is 2.19. The first kappa shape index (κ1) is 12.2. The molecule has 6 heteroatoms. The first-order valence-electron chi connectivity index (χ1n) is 3.65. The molecule has 1 N–H and O–H groups in total. The second kappa shape index (κ2) is 5.00. The maximum absolute atomic E-state index is 10.8. The molecule has 0 aromatic carbocycles. The van der Waals surface area contributed by atoms with Crippen molar-refractivity contribution in [2.75, 3.05) is 0 Å². The fourth-order valence-electron chi connectivity index (χ4n) is 0.477. The molecule has 0 aliphatic rings. The van der Waals surface area contributed by atoms with E-state index in [1.54, 1.807) is 0 Å². The highest BCUT2D eigenvalue weighted by atomic mass is 16.7. The minimum absolute atomic E-state index is 0.128. The average Bonchev–Trinajstić information content (AvgIpc) is 2.03. The monoisotopic (exact) mass is 202 g/mol. The van der Waals surface area contributed by atoms with Crippen LogP contribution in [0.25, 0.3) is 0 Å². The van der Waals surface area contributed by atoms with Gasteiger partial charge >= 0.3 is 17.9 Å². The van der Waals surface area contributed by atoms with Gasteiger partial charge in [-0.2, -0.15) is 0 Å². The van der Waals surface area contributed by atoms with Crippen LogP contribution in [0.4, 0.5) is 0 Å². The lowest BCUT2D eigenvalue weighted by Gasteiger charge is -2.12. The predicted molar refractivity (Wildman–Crippen MR) is 44.1 cm³/mol. The van der Waals surface area contributed by atoms with E-state index in [0.29, 0.717) is 0 Å². The molecular formula is C8H10O6. The SMILES string of the molecule is C=C(C)C(=O)OC(C)OC(=O)C(=O)O. The Hall–Kier alpha value is -1.85. The number of carboxylic acid groups (broad SMARTS) is 1. The van der Waals surface area contributed by atoms with E-state index in [2.05, 4.69) is 16.1 Å². The Kier molecular flexibility index (Phi) is 4.34. The first-order chi connectivity index (χ1) is 6.34.